The van der Waals surface area contributed by atoms with Gasteiger partial charge in [0.25, 0.3) is 5.91 Å². The van der Waals surface area contributed by atoms with Crippen LogP contribution in [0.4, 0.5) is 5.69 Å². The van der Waals surface area contributed by atoms with Crippen molar-refractivity contribution in [2.45, 2.75) is 44.9 Å². The van der Waals surface area contributed by atoms with Gasteiger partial charge in [-0.1, -0.05) is 84.1 Å². The molecule has 7 heteroatoms. The fourth-order valence-electron chi connectivity index (χ4n) is 4.39. The highest BCUT2D eigenvalue weighted by Crippen LogP contribution is 2.38. The zero-order chi connectivity index (χ0) is 25.2. The number of nitrogens with one attached hydrogen (secondary N) is 1. The number of carbonyl (C=O) groups excluding carboxylic acids is 2. The number of hydrazone groups is 1. The zero-order valence-electron chi connectivity index (χ0n) is 20.6. The summed E-state index contributed by atoms with van der Waals surface area (Å²) < 4.78 is 0. The molecule has 2 aliphatic heterocycles. The molecule has 36 heavy (non-hydrogen) atoms. The van der Waals surface area contributed by atoms with Crippen molar-refractivity contribution in [2.24, 2.45) is 10.1 Å². The number of amides is 2. The molecule has 0 unspecified atom stereocenters. The molecular weight excluding hydrogens is 468 g/mol. The molecule has 0 aromatic heterocycles. The standard InChI is InChI=1S/C29H28N4O2S/c1-18-10-13-21(14-11-18)24-16-25(22-7-5-4-6-8-22)33(32-24)29-31-28(35)26(36-29)17-27(34)30-23-15-19(2)9-12-20(23)3/h4-15,25-26H,16-17H2,1-3H3,(H,30,34)/t25-,26-/m0/s1. The van der Waals surface area contributed by atoms with Gasteiger partial charge in [-0.15, -0.1) is 0 Å². The van der Waals surface area contributed by atoms with E-state index in [-0.39, 0.29) is 24.3 Å². The summed E-state index contributed by atoms with van der Waals surface area (Å²) in [6.45, 7) is 5.99. The van der Waals surface area contributed by atoms with Gasteiger partial charge in [-0.2, -0.15) is 10.1 Å². The first-order chi connectivity index (χ1) is 17.4. The van der Waals surface area contributed by atoms with Crippen LogP contribution in [-0.4, -0.2) is 33.0 Å². The predicted molar refractivity (Wildman–Crippen MR) is 146 cm³/mol. The average molecular weight is 497 g/mol. The number of aliphatic imine (C=N–C) groups is 1. The van der Waals surface area contributed by atoms with Crippen LogP contribution in [0.2, 0.25) is 0 Å². The molecule has 0 saturated heterocycles. The number of nitrogens with zero attached hydrogens (tertiary/aromatic N) is 3. The Hall–Kier alpha value is -3.71. The van der Waals surface area contributed by atoms with E-state index in [4.69, 9.17) is 5.10 Å². The third kappa shape index (κ3) is 5.11. The van der Waals surface area contributed by atoms with Gasteiger partial charge in [0, 0.05) is 18.5 Å². The Morgan fingerprint density at radius 1 is 1.00 bits per heavy atom. The summed E-state index contributed by atoms with van der Waals surface area (Å²) in [7, 11) is 0. The van der Waals surface area contributed by atoms with E-state index in [1.54, 1.807) is 0 Å². The second-order valence-corrected chi connectivity index (χ2v) is 10.5. The number of rotatable bonds is 5. The molecule has 182 valence electrons. The smallest absolute Gasteiger partial charge is 0.262 e. The van der Waals surface area contributed by atoms with Gasteiger partial charge in [-0.25, -0.2) is 5.01 Å². The Kier molecular flexibility index (Phi) is 6.74. The minimum Gasteiger partial charge on any atom is -0.326 e. The Bertz CT molecular complexity index is 1370. The molecule has 5 rings (SSSR count). The summed E-state index contributed by atoms with van der Waals surface area (Å²) >= 11 is 1.32. The van der Waals surface area contributed by atoms with Crippen LogP contribution in [-0.2, 0) is 9.59 Å². The third-order valence-corrected chi connectivity index (χ3v) is 7.58. The van der Waals surface area contributed by atoms with Crippen molar-refractivity contribution in [2.75, 3.05) is 5.32 Å². The van der Waals surface area contributed by atoms with E-state index in [2.05, 4.69) is 53.6 Å². The second-order valence-electron chi connectivity index (χ2n) is 9.30. The van der Waals surface area contributed by atoms with Gasteiger partial charge < -0.3 is 5.32 Å². The van der Waals surface area contributed by atoms with Crippen LogP contribution in [0.5, 0.6) is 0 Å². The molecule has 6 nitrogen and oxygen atoms in total. The molecule has 0 radical (unpaired) electrons. The lowest BCUT2D eigenvalue weighted by molar-refractivity contribution is -0.121. The van der Waals surface area contributed by atoms with Gasteiger partial charge in [0.2, 0.25) is 5.91 Å². The summed E-state index contributed by atoms with van der Waals surface area (Å²) in [6, 6.07) is 24.3. The first-order valence-electron chi connectivity index (χ1n) is 12.0. The minimum atomic E-state index is -0.569. The molecule has 0 bridgehead atoms. The van der Waals surface area contributed by atoms with Crippen molar-refractivity contribution in [1.82, 2.24) is 5.01 Å². The van der Waals surface area contributed by atoms with Gasteiger partial charge in [0.1, 0.15) is 5.25 Å². The maximum absolute atomic E-state index is 12.8. The number of benzene rings is 3. The molecule has 3 aromatic carbocycles. The van der Waals surface area contributed by atoms with Crippen LogP contribution < -0.4 is 5.32 Å². The van der Waals surface area contributed by atoms with Crippen LogP contribution in [0.3, 0.4) is 0 Å². The second kappa shape index (κ2) is 10.1. The highest BCUT2D eigenvalue weighted by atomic mass is 32.2. The van der Waals surface area contributed by atoms with Crippen molar-refractivity contribution in [3.63, 3.8) is 0 Å². The fourth-order valence-corrected chi connectivity index (χ4v) is 5.45. The van der Waals surface area contributed by atoms with E-state index < -0.39 is 5.25 Å². The third-order valence-electron chi connectivity index (χ3n) is 6.44. The molecule has 2 aliphatic rings. The number of amidine groups is 1. The molecule has 3 aromatic rings. The monoisotopic (exact) mass is 496 g/mol. The predicted octanol–water partition coefficient (Wildman–Crippen LogP) is 5.79. The van der Waals surface area contributed by atoms with Crippen molar-refractivity contribution in [3.05, 3.63) is 101 Å². The fraction of sp³-hybridized carbons (Fsp3) is 0.241. The molecule has 0 aliphatic carbocycles. The van der Waals surface area contributed by atoms with Crippen LogP contribution in [0.1, 0.15) is 46.7 Å². The molecule has 0 fully saturated rings. The number of hydrogen-bond acceptors (Lipinski definition) is 5. The normalized spacial score (nSPS) is 19.3. The highest BCUT2D eigenvalue weighted by molar-refractivity contribution is 8.15. The van der Waals surface area contributed by atoms with Crippen molar-refractivity contribution < 1.29 is 9.59 Å². The van der Waals surface area contributed by atoms with E-state index >= 15 is 0 Å². The van der Waals surface area contributed by atoms with E-state index in [1.807, 2.05) is 55.3 Å². The SMILES string of the molecule is Cc1ccc(C2=NN(C3=NC(=O)[C@H](CC(=O)Nc4cc(C)ccc4C)S3)[C@H](c3ccccc3)C2)cc1. The number of hydrogen-bond donors (Lipinski definition) is 1. The molecular formula is C29H28N4O2S. The van der Waals surface area contributed by atoms with Crippen LogP contribution in [0, 0.1) is 20.8 Å². The van der Waals surface area contributed by atoms with Gasteiger partial charge in [-0.05, 0) is 49.1 Å². The van der Waals surface area contributed by atoms with E-state index in [0.717, 1.165) is 33.7 Å². The molecule has 2 amide bonds. The summed E-state index contributed by atoms with van der Waals surface area (Å²) in [5.41, 5.74) is 7.13. The Balaban J connectivity index is 1.34. The largest absolute Gasteiger partial charge is 0.326 e. The van der Waals surface area contributed by atoms with Gasteiger partial charge in [0.15, 0.2) is 5.17 Å². The first-order valence-corrected chi connectivity index (χ1v) is 12.9. The molecule has 0 spiro atoms. The van der Waals surface area contributed by atoms with Crippen LogP contribution in [0.25, 0.3) is 0 Å². The van der Waals surface area contributed by atoms with Crippen LogP contribution >= 0.6 is 11.8 Å². The first kappa shape index (κ1) is 24.0. The number of thioether (sulfide) groups is 1. The topological polar surface area (TPSA) is 74.1 Å². The Morgan fingerprint density at radius 2 is 1.72 bits per heavy atom. The van der Waals surface area contributed by atoms with E-state index in [0.29, 0.717) is 11.6 Å². The summed E-state index contributed by atoms with van der Waals surface area (Å²) in [6.07, 6.45) is 0.765. The van der Waals surface area contributed by atoms with E-state index in [9.17, 15) is 9.59 Å². The summed E-state index contributed by atoms with van der Waals surface area (Å²) in [4.78, 5) is 29.9. The lowest BCUT2D eigenvalue weighted by atomic mass is 9.98. The maximum atomic E-state index is 12.8. The molecule has 2 atom stereocenters. The Morgan fingerprint density at radius 3 is 2.47 bits per heavy atom. The van der Waals surface area contributed by atoms with Crippen LogP contribution in [0.15, 0.2) is 82.9 Å². The molecule has 0 saturated carbocycles. The van der Waals surface area contributed by atoms with Crippen molar-refractivity contribution in [3.8, 4) is 0 Å². The Labute approximate surface area is 215 Å². The number of aryl methyl sites for hydroxylation is 3. The lowest BCUT2D eigenvalue weighted by Crippen LogP contribution is -2.25. The average Bonchev–Trinajstić information content (AvgIpc) is 3.46. The lowest BCUT2D eigenvalue weighted by Gasteiger charge is -2.23. The maximum Gasteiger partial charge on any atom is 0.262 e. The molecule has 2 heterocycles. The number of anilines is 1. The minimum absolute atomic E-state index is 0.0578. The molecule has 1 N–H and O–H groups in total. The van der Waals surface area contributed by atoms with Gasteiger partial charge in [-0.3, -0.25) is 9.59 Å². The highest BCUT2D eigenvalue weighted by Gasteiger charge is 2.39. The van der Waals surface area contributed by atoms with E-state index in [1.165, 1.54) is 17.3 Å². The summed E-state index contributed by atoms with van der Waals surface area (Å²) in [5.74, 6) is -0.493. The zero-order valence-corrected chi connectivity index (χ0v) is 21.4. The van der Waals surface area contributed by atoms with Gasteiger partial charge in [0.05, 0.1) is 11.8 Å². The quantitative estimate of drug-likeness (QED) is 0.485. The number of carbonyl (C=O) groups is 2. The van der Waals surface area contributed by atoms with Gasteiger partial charge >= 0.3 is 0 Å². The summed E-state index contributed by atoms with van der Waals surface area (Å²) in [5, 5.41) is 9.69. The van der Waals surface area contributed by atoms with Crippen molar-refractivity contribution >= 4 is 40.1 Å². The van der Waals surface area contributed by atoms with Crippen molar-refractivity contribution in [1.29, 1.82) is 0 Å².